The zero-order chi connectivity index (χ0) is 12.0. The van der Waals surface area contributed by atoms with E-state index in [1.807, 2.05) is 0 Å². The summed E-state index contributed by atoms with van der Waals surface area (Å²) in [6.45, 7) is 0. The number of fused-ring (bicyclic) bond motifs is 1. The molecule has 0 aromatic carbocycles. The summed E-state index contributed by atoms with van der Waals surface area (Å²) in [5, 5.41) is 0. The van der Waals surface area contributed by atoms with Gasteiger partial charge in [0.1, 0.15) is 11.6 Å². The molecule has 0 heterocycles. The summed E-state index contributed by atoms with van der Waals surface area (Å²) in [5.74, 6) is 1.76. The SMILES string of the molecule is CO[C@H]1C[C@H]2CC[C@@H]3CC(=O)CC[C@@H]1C(=O)[C@@H]32. The monoisotopic (exact) mass is 236 g/mol. The van der Waals surface area contributed by atoms with E-state index in [0.29, 0.717) is 42.7 Å². The van der Waals surface area contributed by atoms with Crippen molar-refractivity contribution in [3.8, 4) is 0 Å². The van der Waals surface area contributed by atoms with E-state index in [4.69, 9.17) is 4.74 Å². The van der Waals surface area contributed by atoms with Crippen LogP contribution in [0.25, 0.3) is 0 Å². The van der Waals surface area contributed by atoms with Crippen LogP contribution in [0.2, 0.25) is 0 Å². The van der Waals surface area contributed by atoms with Crippen LogP contribution in [0.1, 0.15) is 38.5 Å². The second-order valence-corrected chi connectivity index (χ2v) is 5.92. The predicted octanol–water partition coefficient (Wildman–Crippen LogP) is 1.99. The Morgan fingerprint density at radius 3 is 2.65 bits per heavy atom. The fourth-order valence-electron chi connectivity index (χ4n) is 4.32. The molecule has 0 N–H and O–H groups in total. The molecule has 0 aromatic heterocycles. The fourth-order valence-corrected chi connectivity index (χ4v) is 4.32. The molecule has 3 saturated carbocycles. The van der Waals surface area contributed by atoms with Gasteiger partial charge >= 0.3 is 0 Å². The highest BCUT2D eigenvalue weighted by molar-refractivity contribution is 5.89. The molecule has 0 radical (unpaired) electrons. The van der Waals surface area contributed by atoms with Crippen molar-refractivity contribution in [1.29, 1.82) is 0 Å². The Morgan fingerprint density at radius 1 is 1.12 bits per heavy atom. The van der Waals surface area contributed by atoms with E-state index >= 15 is 0 Å². The number of hydrogen-bond donors (Lipinski definition) is 0. The number of carbonyl (C=O) groups is 2. The van der Waals surface area contributed by atoms with Crippen molar-refractivity contribution in [2.75, 3.05) is 7.11 Å². The van der Waals surface area contributed by atoms with E-state index in [1.54, 1.807) is 7.11 Å². The lowest BCUT2D eigenvalue weighted by Gasteiger charge is -2.39. The van der Waals surface area contributed by atoms with Crippen LogP contribution in [0.15, 0.2) is 0 Å². The maximum absolute atomic E-state index is 12.5. The summed E-state index contributed by atoms with van der Waals surface area (Å²) < 4.78 is 5.50. The molecule has 0 aliphatic heterocycles. The summed E-state index contributed by atoms with van der Waals surface area (Å²) in [6, 6.07) is 0. The summed E-state index contributed by atoms with van der Waals surface area (Å²) in [6.07, 6.45) is 5.21. The van der Waals surface area contributed by atoms with Crippen LogP contribution < -0.4 is 0 Å². The van der Waals surface area contributed by atoms with Gasteiger partial charge in [0.25, 0.3) is 0 Å². The molecule has 3 rings (SSSR count). The average molecular weight is 236 g/mol. The Morgan fingerprint density at radius 2 is 1.88 bits per heavy atom. The van der Waals surface area contributed by atoms with Crippen molar-refractivity contribution in [3.05, 3.63) is 0 Å². The van der Waals surface area contributed by atoms with Gasteiger partial charge in [0.15, 0.2) is 0 Å². The Balaban J connectivity index is 1.93. The van der Waals surface area contributed by atoms with Gasteiger partial charge in [-0.05, 0) is 37.5 Å². The molecule has 0 aromatic rings. The Bertz CT molecular complexity index is 349. The Labute approximate surface area is 102 Å². The number of methoxy groups -OCH3 is 1. The van der Waals surface area contributed by atoms with Gasteiger partial charge < -0.3 is 4.74 Å². The van der Waals surface area contributed by atoms with Gasteiger partial charge in [-0.3, -0.25) is 9.59 Å². The Kier molecular flexibility index (Phi) is 2.81. The number of hydrogen-bond acceptors (Lipinski definition) is 3. The van der Waals surface area contributed by atoms with Crippen molar-refractivity contribution < 1.29 is 14.3 Å². The third kappa shape index (κ3) is 1.75. The fraction of sp³-hybridized carbons (Fsp3) is 0.857. The van der Waals surface area contributed by atoms with E-state index in [0.717, 1.165) is 19.3 Å². The highest BCUT2D eigenvalue weighted by Crippen LogP contribution is 2.49. The number of ketones is 2. The van der Waals surface area contributed by atoms with Gasteiger partial charge in [-0.25, -0.2) is 0 Å². The third-order valence-electron chi connectivity index (χ3n) is 5.13. The molecule has 3 fully saturated rings. The minimum atomic E-state index is -0.00824. The van der Waals surface area contributed by atoms with Crippen molar-refractivity contribution in [2.45, 2.75) is 44.6 Å². The maximum atomic E-state index is 12.5. The summed E-state index contributed by atoms with van der Waals surface area (Å²) in [5.41, 5.74) is 0. The molecule has 0 saturated heterocycles. The lowest BCUT2D eigenvalue weighted by atomic mass is 9.67. The first-order chi connectivity index (χ1) is 8.20. The first kappa shape index (κ1) is 11.4. The highest BCUT2D eigenvalue weighted by atomic mass is 16.5. The van der Waals surface area contributed by atoms with Crippen LogP contribution >= 0.6 is 0 Å². The minimum absolute atomic E-state index is 0.00824. The number of rotatable bonds is 1. The molecule has 3 heteroatoms. The lowest BCUT2D eigenvalue weighted by Crippen LogP contribution is -2.46. The smallest absolute Gasteiger partial charge is 0.142 e. The first-order valence-electron chi connectivity index (χ1n) is 6.79. The zero-order valence-electron chi connectivity index (χ0n) is 10.4. The van der Waals surface area contributed by atoms with E-state index < -0.39 is 0 Å². The van der Waals surface area contributed by atoms with E-state index in [2.05, 4.69) is 0 Å². The van der Waals surface area contributed by atoms with Crippen LogP contribution in [0.4, 0.5) is 0 Å². The van der Waals surface area contributed by atoms with Gasteiger partial charge in [0.05, 0.1) is 6.10 Å². The van der Waals surface area contributed by atoms with Gasteiger partial charge in [-0.15, -0.1) is 0 Å². The zero-order valence-corrected chi connectivity index (χ0v) is 10.4. The normalized spacial score (nSPS) is 45.6. The molecule has 5 atom stereocenters. The molecule has 94 valence electrons. The molecule has 3 aliphatic carbocycles. The van der Waals surface area contributed by atoms with Gasteiger partial charge in [0.2, 0.25) is 0 Å². The molecule has 3 aliphatic rings. The second kappa shape index (κ2) is 4.20. The van der Waals surface area contributed by atoms with Crippen molar-refractivity contribution in [2.24, 2.45) is 23.7 Å². The van der Waals surface area contributed by atoms with Crippen LogP contribution in [-0.2, 0) is 14.3 Å². The van der Waals surface area contributed by atoms with Gasteiger partial charge in [-0.2, -0.15) is 0 Å². The largest absolute Gasteiger partial charge is 0.381 e. The predicted molar refractivity (Wildman–Crippen MR) is 62.5 cm³/mol. The van der Waals surface area contributed by atoms with Crippen molar-refractivity contribution >= 4 is 11.6 Å². The average Bonchev–Trinajstić information content (AvgIpc) is 2.68. The molecule has 0 spiro atoms. The molecule has 3 nitrogen and oxygen atoms in total. The Hall–Kier alpha value is -0.700. The molecule has 0 amide bonds. The second-order valence-electron chi connectivity index (χ2n) is 5.92. The summed E-state index contributed by atoms with van der Waals surface area (Å²) >= 11 is 0. The number of carbonyl (C=O) groups excluding carboxylic acids is 2. The van der Waals surface area contributed by atoms with Crippen LogP contribution in [0.3, 0.4) is 0 Å². The lowest BCUT2D eigenvalue weighted by molar-refractivity contribution is -0.143. The van der Waals surface area contributed by atoms with Crippen LogP contribution in [-0.4, -0.2) is 24.8 Å². The molecule has 2 bridgehead atoms. The summed E-state index contributed by atoms with van der Waals surface area (Å²) in [4.78, 5) is 24.3. The van der Waals surface area contributed by atoms with E-state index in [9.17, 15) is 9.59 Å². The van der Waals surface area contributed by atoms with Crippen molar-refractivity contribution in [3.63, 3.8) is 0 Å². The third-order valence-corrected chi connectivity index (χ3v) is 5.13. The number of Topliss-reactive ketones (excluding diaryl/α,β-unsaturated/α-hetero) is 2. The first-order valence-corrected chi connectivity index (χ1v) is 6.79. The summed E-state index contributed by atoms with van der Waals surface area (Å²) in [7, 11) is 1.70. The molecular formula is C14H20O3. The maximum Gasteiger partial charge on any atom is 0.142 e. The standard InChI is InChI=1S/C14H20O3/c1-17-12-7-9-3-2-8-6-10(15)4-5-11(12)14(16)13(8)9/h8-9,11-13H,2-7H2,1H3/t8-,9-,11+,12+,13+/m1/s1. The topological polar surface area (TPSA) is 43.4 Å². The molecule has 0 unspecified atom stereocenters. The molecular weight excluding hydrogens is 216 g/mol. The van der Waals surface area contributed by atoms with Gasteiger partial charge in [-0.1, -0.05) is 0 Å². The van der Waals surface area contributed by atoms with Crippen molar-refractivity contribution in [1.82, 2.24) is 0 Å². The van der Waals surface area contributed by atoms with Gasteiger partial charge in [0, 0.05) is 31.8 Å². The minimum Gasteiger partial charge on any atom is -0.381 e. The molecule has 17 heavy (non-hydrogen) atoms. The van der Waals surface area contributed by atoms with E-state index in [-0.39, 0.29) is 17.9 Å². The quantitative estimate of drug-likeness (QED) is 0.699. The van der Waals surface area contributed by atoms with Crippen LogP contribution in [0.5, 0.6) is 0 Å². The van der Waals surface area contributed by atoms with E-state index in [1.165, 1.54) is 0 Å². The van der Waals surface area contributed by atoms with Crippen LogP contribution in [0, 0.1) is 23.7 Å². The highest BCUT2D eigenvalue weighted by Gasteiger charge is 2.51. The number of ether oxygens (including phenoxy) is 1.